The molecule has 0 bridgehead atoms. The number of anilines is 1. The van der Waals surface area contributed by atoms with Crippen molar-refractivity contribution in [3.8, 4) is 0 Å². The van der Waals surface area contributed by atoms with E-state index in [-0.39, 0.29) is 5.91 Å². The first-order valence-electron chi connectivity index (χ1n) is 8.81. The van der Waals surface area contributed by atoms with E-state index in [0.717, 1.165) is 61.0 Å². The Morgan fingerprint density at radius 1 is 1.28 bits per heavy atom. The molecule has 1 atom stereocenters. The normalized spacial score (nSPS) is 18.0. The summed E-state index contributed by atoms with van der Waals surface area (Å²) in [7, 11) is 1.84. The fraction of sp³-hybridized carbons (Fsp3) is 0.556. The van der Waals surface area contributed by atoms with Gasteiger partial charge in [-0.15, -0.1) is 11.3 Å². The second kappa shape index (κ2) is 8.38. The van der Waals surface area contributed by atoms with E-state index >= 15 is 0 Å². The Hall–Kier alpha value is -2.02. The van der Waals surface area contributed by atoms with Crippen LogP contribution < -0.4 is 5.32 Å². The highest BCUT2D eigenvalue weighted by Gasteiger charge is 2.22. The van der Waals surface area contributed by atoms with Gasteiger partial charge < -0.3 is 10.2 Å². The minimum Gasteiger partial charge on any atom is -0.372 e. The van der Waals surface area contributed by atoms with Crippen LogP contribution in [-0.2, 0) is 17.6 Å². The van der Waals surface area contributed by atoms with Crippen LogP contribution in [0.15, 0.2) is 17.8 Å². The minimum absolute atomic E-state index is 0.198. The van der Waals surface area contributed by atoms with Gasteiger partial charge in [-0.2, -0.15) is 0 Å². The van der Waals surface area contributed by atoms with Crippen LogP contribution in [0.2, 0.25) is 0 Å². The molecule has 3 heterocycles. The topological polar surface area (TPSA) is 71.0 Å². The molecule has 134 valence electrons. The number of rotatable bonds is 5. The van der Waals surface area contributed by atoms with Crippen LogP contribution >= 0.6 is 11.3 Å². The Morgan fingerprint density at radius 3 is 2.84 bits per heavy atom. The Kier molecular flexibility index (Phi) is 5.96. The zero-order valence-electron chi connectivity index (χ0n) is 14.9. The quantitative estimate of drug-likeness (QED) is 0.889. The Labute approximate surface area is 152 Å². The first-order chi connectivity index (χ1) is 12.1. The van der Waals surface area contributed by atoms with Crippen LogP contribution in [0.25, 0.3) is 0 Å². The zero-order valence-corrected chi connectivity index (χ0v) is 15.7. The predicted octanol–water partition coefficient (Wildman–Crippen LogP) is 2.70. The lowest BCUT2D eigenvalue weighted by Crippen LogP contribution is -2.33. The van der Waals surface area contributed by atoms with E-state index < -0.39 is 0 Å². The van der Waals surface area contributed by atoms with Gasteiger partial charge in [-0.05, 0) is 38.5 Å². The number of carbonyl (C=O) groups is 1. The number of likely N-dealkylation sites (tertiary alicyclic amines) is 1. The van der Waals surface area contributed by atoms with Crippen molar-refractivity contribution < 1.29 is 4.79 Å². The van der Waals surface area contributed by atoms with Crippen molar-refractivity contribution in [1.82, 2.24) is 19.9 Å². The molecule has 1 fully saturated rings. The van der Waals surface area contributed by atoms with Crippen molar-refractivity contribution in [3.63, 3.8) is 0 Å². The third-order valence-electron chi connectivity index (χ3n) is 4.66. The zero-order chi connectivity index (χ0) is 17.6. The smallest absolute Gasteiger partial charge is 0.228 e. The predicted molar refractivity (Wildman–Crippen MR) is 99.8 cm³/mol. The summed E-state index contributed by atoms with van der Waals surface area (Å²) in [5.41, 5.74) is 1.93. The van der Waals surface area contributed by atoms with E-state index in [0.29, 0.717) is 12.3 Å². The van der Waals surface area contributed by atoms with Crippen molar-refractivity contribution >= 4 is 23.1 Å². The molecule has 1 aliphatic heterocycles. The molecule has 0 radical (unpaired) electrons. The lowest BCUT2D eigenvalue weighted by Gasteiger charge is -2.20. The van der Waals surface area contributed by atoms with E-state index in [1.165, 1.54) is 0 Å². The molecule has 0 unspecified atom stereocenters. The van der Waals surface area contributed by atoms with Gasteiger partial charge in [0.2, 0.25) is 5.91 Å². The van der Waals surface area contributed by atoms with Gasteiger partial charge in [-0.1, -0.05) is 0 Å². The largest absolute Gasteiger partial charge is 0.372 e. The van der Waals surface area contributed by atoms with Gasteiger partial charge in [-0.3, -0.25) is 9.78 Å². The van der Waals surface area contributed by atoms with Crippen molar-refractivity contribution in [2.75, 3.05) is 25.5 Å². The van der Waals surface area contributed by atoms with E-state index in [1.54, 1.807) is 17.5 Å². The molecule has 0 saturated carbocycles. The third-order valence-corrected chi connectivity index (χ3v) is 5.48. The van der Waals surface area contributed by atoms with E-state index in [9.17, 15) is 4.79 Å². The number of hydrogen-bond acceptors (Lipinski definition) is 6. The number of aromatic nitrogens is 3. The standard InChI is InChI=1S/C18H25N5OS/c1-13-22-16(12-25-13)9-18(24)23-6-3-4-14(5-7-23)8-15-10-21-17(19-2)11-20-15/h10-12,14H,3-9H2,1-2H3,(H,19,21)/t14-/m0/s1. The molecule has 1 saturated heterocycles. The lowest BCUT2D eigenvalue weighted by atomic mass is 9.95. The molecule has 3 rings (SSSR count). The molecule has 1 aliphatic rings. The number of amides is 1. The molecule has 1 N–H and O–H groups in total. The van der Waals surface area contributed by atoms with E-state index in [1.807, 2.05) is 30.4 Å². The summed E-state index contributed by atoms with van der Waals surface area (Å²) in [6.45, 7) is 3.65. The number of hydrogen-bond donors (Lipinski definition) is 1. The highest BCUT2D eigenvalue weighted by molar-refractivity contribution is 7.09. The minimum atomic E-state index is 0.198. The van der Waals surface area contributed by atoms with Crippen molar-refractivity contribution in [3.05, 3.63) is 34.2 Å². The number of nitrogens with zero attached hydrogens (tertiary/aromatic N) is 4. The number of carbonyl (C=O) groups excluding carboxylic acids is 1. The fourth-order valence-electron chi connectivity index (χ4n) is 3.26. The number of thiazole rings is 1. The van der Waals surface area contributed by atoms with Crippen LogP contribution in [0, 0.1) is 12.8 Å². The maximum absolute atomic E-state index is 12.5. The Balaban J connectivity index is 1.51. The highest BCUT2D eigenvalue weighted by atomic mass is 32.1. The Bertz CT molecular complexity index is 700. The summed E-state index contributed by atoms with van der Waals surface area (Å²) >= 11 is 1.60. The summed E-state index contributed by atoms with van der Waals surface area (Å²) in [6, 6.07) is 0. The summed E-state index contributed by atoms with van der Waals surface area (Å²) in [5, 5.41) is 5.99. The van der Waals surface area contributed by atoms with Crippen LogP contribution in [0.5, 0.6) is 0 Å². The van der Waals surface area contributed by atoms with Gasteiger partial charge in [0.25, 0.3) is 0 Å². The summed E-state index contributed by atoms with van der Waals surface area (Å²) in [4.78, 5) is 27.7. The van der Waals surface area contributed by atoms with Crippen molar-refractivity contribution in [2.45, 2.75) is 39.0 Å². The fourth-order valence-corrected chi connectivity index (χ4v) is 3.87. The molecule has 0 spiro atoms. The number of aryl methyl sites for hydroxylation is 1. The number of nitrogens with one attached hydrogen (secondary N) is 1. The maximum atomic E-state index is 12.5. The van der Waals surface area contributed by atoms with Crippen LogP contribution in [-0.4, -0.2) is 45.9 Å². The average Bonchev–Trinajstić information content (AvgIpc) is 2.88. The molecule has 0 aromatic carbocycles. The van der Waals surface area contributed by atoms with Crippen molar-refractivity contribution in [1.29, 1.82) is 0 Å². The van der Waals surface area contributed by atoms with Gasteiger partial charge in [0, 0.05) is 25.5 Å². The van der Waals surface area contributed by atoms with Gasteiger partial charge in [0.05, 0.1) is 35.2 Å². The molecular weight excluding hydrogens is 334 g/mol. The molecule has 0 aliphatic carbocycles. The lowest BCUT2D eigenvalue weighted by molar-refractivity contribution is -0.130. The summed E-state index contributed by atoms with van der Waals surface area (Å²) in [6.07, 6.45) is 8.19. The van der Waals surface area contributed by atoms with Gasteiger partial charge in [0.1, 0.15) is 5.82 Å². The summed E-state index contributed by atoms with van der Waals surface area (Å²) < 4.78 is 0. The molecule has 2 aromatic heterocycles. The van der Waals surface area contributed by atoms with Crippen LogP contribution in [0.1, 0.15) is 35.7 Å². The van der Waals surface area contributed by atoms with E-state index in [2.05, 4.69) is 20.3 Å². The first kappa shape index (κ1) is 17.8. The first-order valence-corrected chi connectivity index (χ1v) is 9.69. The molecule has 25 heavy (non-hydrogen) atoms. The SMILES string of the molecule is CNc1cnc(C[C@H]2CCCN(C(=O)Cc3csc(C)n3)CC2)cn1. The monoisotopic (exact) mass is 359 g/mol. The molecule has 2 aromatic rings. The molecular formula is C18H25N5OS. The molecule has 1 amide bonds. The molecule has 7 heteroatoms. The summed E-state index contributed by atoms with van der Waals surface area (Å²) in [5.74, 6) is 1.55. The van der Waals surface area contributed by atoms with E-state index in [4.69, 9.17) is 0 Å². The average molecular weight is 359 g/mol. The second-order valence-electron chi connectivity index (χ2n) is 6.56. The Morgan fingerprint density at radius 2 is 2.16 bits per heavy atom. The van der Waals surface area contributed by atoms with Gasteiger partial charge in [-0.25, -0.2) is 9.97 Å². The maximum Gasteiger partial charge on any atom is 0.228 e. The van der Waals surface area contributed by atoms with Crippen LogP contribution in [0.3, 0.4) is 0 Å². The third kappa shape index (κ3) is 4.98. The molecule has 6 nitrogen and oxygen atoms in total. The van der Waals surface area contributed by atoms with Gasteiger partial charge >= 0.3 is 0 Å². The van der Waals surface area contributed by atoms with Crippen molar-refractivity contribution in [2.24, 2.45) is 5.92 Å². The highest BCUT2D eigenvalue weighted by Crippen LogP contribution is 2.22. The van der Waals surface area contributed by atoms with Gasteiger partial charge in [0.15, 0.2) is 0 Å². The second-order valence-corrected chi connectivity index (χ2v) is 7.62. The van der Waals surface area contributed by atoms with Crippen LogP contribution in [0.4, 0.5) is 5.82 Å².